The number of hydrogen-bond acceptors (Lipinski definition) is 6. The van der Waals surface area contributed by atoms with Gasteiger partial charge in [-0.15, -0.1) is 0 Å². The van der Waals surface area contributed by atoms with Crippen LogP contribution in [0.3, 0.4) is 0 Å². The molecule has 1 heterocycles. The van der Waals surface area contributed by atoms with Crippen LogP contribution in [0.1, 0.15) is 23.7 Å². The monoisotopic (exact) mass is 370 g/mol. The minimum atomic E-state index is -0.376. The molecule has 27 heavy (non-hydrogen) atoms. The van der Waals surface area contributed by atoms with Crippen molar-refractivity contribution in [2.24, 2.45) is 0 Å². The quantitative estimate of drug-likeness (QED) is 0.729. The number of carbonyl (C=O) groups is 2. The molecule has 1 aliphatic heterocycles. The lowest BCUT2D eigenvalue weighted by Gasteiger charge is -2.19. The summed E-state index contributed by atoms with van der Waals surface area (Å²) in [4.78, 5) is 23.7. The van der Waals surface area contributed by atoms with Gasteiger partial charge in [0.05, 0.1) is 12.2 Å². The lowest BCUT2D eigenvalue weighted by Crippen LogP contribution is -2.17. The van der Waals surface area contributed by atoms with E-state index in [0.717, 1.165) is 11.4 Å². The second-order valence-corrected chi connectivity index (χ2v) is 5.88. The summed E-state index contributed by atoms with van der Waals surface area (Å²) in [5.41, 5.74) is 1.95. The van der Waals surface area contributed by atoms with Crippen molar-refractivity contribution in [1.82, 2.24) is 0 Å². The first-order valence-electron chi connectivity index (χ1n) is 8.86. The molecular weight excluding hydrogens is 348 g/mol. The molecule has 1 aliphatic rings. The smallest absolute Gasteiger partial charge is 0.338 e. The standard InChI is InChI=1S/C20H22N2O5/c1-2-25-20(24)14-3-5-15(6-4-14)22-19(23)9-10-21-16-7-8-17-18(13-16)27-12-11-26-17/h3-8,13,21H,2,9-12H2,1H3,(H,22,23). The molecule has 0 unspecified atom stereocenters. The van der Waals surface area contributed by atoms with Gasteiger partial charge in [0.1, 0.15) is 13.2 Å². The summed E-state index contributed by atoms with van der Waals surface area (Å²) in [6.45, 7) is 3.65. The summed E-state index contributed by atoms with van der Waals surface area (Å²) < 4.78 is 15.9. The summed E-state index contributed by atoms with van der Waals surface area (Å²) >= 11 is 0. The molecule has 0 aliphatic carbocycles. The average molecular weight is 370 g/mol. The van der Waals surface area contributed by atoms with Crippen molar-refractivity contribution >= 4 is 23.3 Å². The molecule has 0 fully saturated rings. The molecule has 2 aromatic carbocycles. The normalized spacial score (nSPS) is 12.2. The number of fused-ring (bicyclic) bond motifs is 1. The zero-order valence-electron chi connectivity index (χ0n) is 15.1. The zero-order chi connectivity index (χ0) is 19.1. The summed E-state index contributed by atoms with van der Waals surface area (Å²) in [5.74, 6) is 0.941. The van der Waals surface area contributed by atoms with Crippen LogP contribution in [0.4, 0.5) is 11.4 Å². The van der Waals surface area contributed by atoms with Crippen LogP contribution in [-0.4, -0.2) is 38.2 Å². The molecule has 142 valence electrons. The van der Waals surface area contributed by atoms with Gasteiger partial charge in [-0.05, 0) is 43.3 Å². The number of rotatable bonds is 7. The highest BCUT2D eigenvalue weighted by molar-refractivity contribution is 5.93. The van der Waals surface area contributed by atoms with Crippen molar-refractivity contribution in [3.63, 3.8) is 0 Å². The van der Waals surface area contributed by atoms with Crippen LogP contribution in [0.25, 0.3) is 0 Å². The molecule has 7 nitrogen and oxygen atoms in total. The van der Waals surface area contributed by atoms with E-state index >= 15 is 0 Å². The first kappa shape index (κ1) is 18.6. The van der Waals surface area contributed by atoms with Crippen molar-refractivity contribution in [3.05, 3.63) is 48.0 Å². The Kier molecular flexibility index (Phi) is 6.14. The van der Waals surface area contributed by atoms with Gasteiger partial charge in [0.25, 0.3) is 0 Å². The fraction of sp³-hybridized carbons (Fsp3) is 0.300. The lowest BCUT2D eigenvalue weighted by atomic mass is 10.2. The number of anilines is 2. The van der Waals surface area contributed by atoms with Gasteiger partial charge in [-0.1, -0.05) is 0 Å². The Morgan fingerprint density at radius 2 is 1.70 bits per heavy atom. The Bertz CT molecular complexity index is 805. The highest BCUT2D eigenvalue weighted by Crippen LogP contribution is 2.32. The number of nitrogens with one attached hydrogen (secondary N) is 2. The highest BCUT2D eigenvalue weighted by atomic mass is 16.6. The Morgan fingerprint density at radius 3 is 2.44 bits per heavy atom. The van der Waals surface area contributed by atoms with E-state index in [1.165, 1.54) is 0 Å². The van der Waals surface area contributed by atoms with Crippen molar-refractivity contribution in [3.8, 4) is 11.5 Å². The molecule has 0 aromatic heterocycles. The van der Waals surface area contributed by atoms with Gasteiger partial charge < -0.3 is 24.8 Å². The van der Waals surface area contributed by atoms with E-state index in [-0.39, 0.29) is 11.9 Å². The molecule has 2 N–H and O–H groups in total. The Balaban J connectivity index is 1.45. The van der Waals surface area contributed by atoms with E-state index in [1.807, 2.05) is 18.2 Å². The molecule has 1 amide bonds. The summed E-state index contributed by atoms with van der Waals surface area (Å²) in [6, 6.07) is 12.2. The summed E-state index contributed by atoms with van der Waals surface area (Å²) in [5, 5.41) is 5.99. The topological polar surface area (TPSA) is 85.9 Å². The minimum Gasteiger partial charge on any atom is -0.486 e. The van der Waals surface area contributed by atoms with Gasteiger partial charge >= 0.3 is 5.97 Å². The lowest BCUT2D eigenvalue weighted by molar-refractivity contribution is -0.115. The first-order valence-corrected chi connectivity index (χ1v) is 8.86. The van der Waals surface area contributed by atoms with Gasteiger partial charge in [0.2, 0.25) is 5.91 Å². The molecule has 0 radical (unpaired) electrons. The molecule has 0 spiro atoms. The van der Waals surface area contributed by atoms with Gasteiger partial charge in [0, 0.05) is 30.4 Å². The predicted molar refractivity (Wildman–Crippen MR) is 102 cm³/mol. The van der Waals surface area contributed by atoms with Crippen molar-refractivity contribution < 1.29 is 23.8 Å². The Morgan fingerprint density at radius 1 is 1.00 bits per heavy atom. The van der Waals surface area contributed by atoms with Gasteiger partial charge in [-0.3, -0.25) is 4.79 Å². The second-order valence-electron chi connectivity index (χ2n) is 5.88. The van der Waals surface area contributed by atoms with E-state index in [4.69, 9.17) is 14.2 Å². The average Bonchev–Trinajstić information content (AvgIpc) is 2.68. The number of esters is 1. The SMILES string of the molecule is CCOC(=O)c1ccc(NC(=O)CCNc2ccc3c(c2)OCCO3)cc1. The fourth-order valence-electron chi connectivity index (χ4n) is 2.60. The van der Waals surface area contributed by atoms with E-state index in [0.29, 0.717) is 49.8 Å². The predicted octanol–water partition coefficient (Wildman–Crippen LogP) is 3.08. The maximum atomic E-state index is 12.1. The number of carbonyl (C=O) groups excluding carboxylic acids is 2. The fourth-order valence-corrected chi connectivity index (χ4v) is 2.60. The Labute approximate surface area is 157 Å². The third kappa shape index (κ3) is 5.13. The van der Waals surface area contributed by atoms with E-state index in [1.54, 1.807) is 31.2 Å². The van der Waals surface area contributed by atoms with Gasteiger partial charge in [-0.2, -0.15) is 0 Å². The minimum absolute atomic E-state index is 0.121. The maximum absolute atomic E-state index is 12.1. The molecule has 0 bridgehead atoms. The number of hydrogen-bond donors (Lipinski definition) is 2. The van der Waals surface area contributed by atoms with Crippen molar-refractivity contribution in [1.29, 1.82) is 0 Å². The van der Waals surface area contributed by atoms with Crippen LogP contribution in [0, 0.1) is 0 Å². The van der Waals surface area contributed by atoms with Gasteiger partial charge in [0.15, 0.2) is 11.5 Å². The molecule has 2 aromatic rings. The molecule has 0 saturated carbocycles. The largest absolute Gasteiger partial charge is 0.486 e. The Hall–Kier alpha value is -3.22. The van der Waals surface area contributed by atoms with Crippen LogP contribution in [0.15, 0.2) is 42.5 Å². The van der Waals surface area contributed by atoms with E-state index in [9.17, 15) is 9.59 Å². The maximum Gasteiger partial charge on any atom is 0.338 e. The van der Waals surface area contributed by atoms with Crippen molar-refractivity contribution in [2.45, 2.75) is 13.3 Å². The van der Waals surface area contributed by atoms with Gasteiger partial charge in [-0.25, -0.2) is 4.79 Å². The number of ether oxygens (including phenoxy) is 3. The third-order valence-electron chi connectivity index (χ3n) is 3.90. The van der Waals surface area contributed by atoms with Crippen LogP contribution in [0.2, 0.25) is 0 Å². The van der Waals surface area contributed by atoms with E-state index < -0.39 is 0 Å². The third-order valence-corrected chi connectivity index (χ3v) is 3.90. The van der Waals surface area contributed by atoms with Crippen LogP contribution in [0.5, 0.6) is 11.5 Å². The number of amides is 1. The summed E-state index contributed by atoms with van der Waals surface area (Å²) in [7, 11) is 0. The molecule has 7 heteroatoms. The van der Waals surface area contributed by atoms with Crippen molar-refractivity contribution in [2.75, 3.05) is 37.0 Å². The molecule has 0 atom stereocenters. The molecule has 3 rings (SSSR count). The second kappa shape index (κ2) is 8.93. The van der Waals surface area contributed by atoms with Crippen LogP contribution >= 0.6 is 0 Å². The first-order chi connectivity index (χ1) is 13.2. The van der Waals surface area contributed by atoms with Crippen LogP contribution in [-0.2, 0) is 9.53 Å². The number of benzene rings is 2. The van der Waals surface area contributed by atoms with Crippen LogP contribution < -0.4 is 20.1 Å². The summed E-state index contributed by atoms with van der Waals surface area (Å²) in [6.07, 6.45) is 0.300. The van der Waals surface area contributed by atoms with E-state index in [2.05, 4.69) is 10.6 Å². The molecular formula is C20H22N2O5. The highest BCUT2D eigenvalue weighted by Gasteiger charge is 2.12. The molecule has 0 saturated heterocycles. The zero-order valence-corrected chi connectivity index (χ0v) is 15.1.